The van der Waals surface area contributed by atoms with Gasteiger partial charge in [-0.3, -0.25) is 0 Å². The molecule has 1 nitrogen and oxygen atoms in total. The predicted octanol–water partition coefficient (Wildman–Crippen LogP) is 2.03. The summed E-state index contributed by atoms with van der Waals surface area (Å²) in [5.41, 5.74) is 0.841. The highest BCUT2D eigenvalue weighted by molar-refractivity contribution is 4.89. The molecule has 0 amide bonds. The number of quaternary nitrogens is 1. The van der Waals surface area contributed by atoms with E-state index in [1.54, 1.807) is 0 Å². The van der Waals surface area contributed by atoms with Crippen molar-refractivity contribution in [2.75, 3.05) is 27.2 Å². The molecule has 11 heavy (non-hydrogen) atoms. The molecule has 0 aromatic carbocycles. The fourth-order valence-corrected chi connectivity index (χ4v) is 2.49. The van der Waals surface area contributed by atoms with Crippen molar-refractivity contribution in [1.29, 1.82) is 0 Å². The molecular formula is C10H20N+. The van der Waals surface area contributed by atoms with Crippen LogP contribution in [0.3, 0.4) is 0 Å². The number of hydrogen-bond donors (Lipinski definition) is 0. The van der Waals surface area contributed by atoms with Crippen LogP contribution in [-0.2, 0) is 0 Å². The Morgan fingerprint density at radius 2 is 1.45 bits per heavy atom. The standard InChI is InChI=1S/C10H20N/c1-11(2)8-6-10(7-9-11)4-3-5-10/h3-9H2,1-2H3/q+1. The van der Waals surface area contributed by atoms with Crippen LogP contribution < -0.4 is 0 Å². The van der Waals surface area contributed by atoms with Gasteiger partial charge < -0.3 is 4.48 Å². The van der Waals surface area contributed by atoms with Gasteiger partial charge >= 0.3 is 0 Å². The first kappa shape index (κ1) is 7.60. The van der Waals surface area contributed by atoms with E-state index < -0.39 is 0 Å². The molecule has 0 aromatic heterocycles. The van der Waals surface area contributed by atoms with Crippen LogP contribution in [0.25, 0.3) is 0 Å². The van der Waals surface area contributed by atoms with Gasteiger partial charge in [0.1, 0.15) is 0 Å². The molecule has 0 atom stereocenters. The van der Waals surface area contributed by atoms with Crippen LogP contribution in [-0.4, -0.2) is 31.7 Å². The van der Waals surface area contributed by atoms with Crippen molar-refractivity contribution in [3.63, 3.8) is 0 Å². The van der Waals surface area contributed by atoms with Crippen LogP contribution in [0.4, 0.5) is 0 Å². The summed E-state index contributed by atoms with van der Waals surface area (Å²) in [5.74, 6) is 0. The quantitative estimate of drug-likeness (QED) is 0.468. The SMILES string of the molecule is C[N+]1(C)CCC2(CCC2)CC1. The van der Waals surface area contributed by atoms with E-state index in [1.807, 2.05) is 0 Å². The summed E-state index contributed by atoms with van der Waals surface area (Å²) in [4.78, 5) is 0. The fraction of sp³-hybridized carbons (Fsp3) is 1.00. The van der Waals surface area contributed by atoms with Gasteiger partial charge in [0.25, 0.3) is 0 Å². The van der Waals surface area contributed by atoms with Crippen molar-refractivity contribution < 1.29 is 4.48 Å². The van der Waals surface area contributed by atoms with Gasteiger partial charge in [-0.15, -0.1) is 0 Å². The minimum Gasteiger partial charge on any atom is -0.328 e. The molecule has 0 bridgehead atoms. The second-order valence-electron chi connectivity index (χ2n) is 5.24. The van der Waals surface area contributed by atoms with Crippen molar-refractivity contribution in [1.82, 2.24) is 0 Å². The monoisotopic (exact) mass is 154 g/mol. The molecule has 0 N–H and O–H groups in total. The summed E-state index contributed by atoms with van der Waals surface area (Å²) in [6, 6.07) is 0. The lowest BCUT2D eigenvalue weighted by atomic mass is 9.63. The molecule has 1 heterocycles. The highest BCUT2D eigenvalue weighted by Crippen LogP contribution is 2.49. The zero-order chi connectivity index (χ0) is 7.95. The lowest BCUT2D eigenvalue weighted by Gasteiger charge is -2.49. The fourth-order valence-electron chi connectivity index (χ4n) is 2.49. The Bertz CT molecular complexity index is 144. The Hall–Kier alpha value is -0.0400. The third-order valence-corrected chi connectivity index (χ3v) is 3.91. The lowest BCUT2D eigenvalue weighted by Crippen LogP contribution is -2.51. The van der Waals surface area contributed by atoms with Gasteiger partial charge in [-0.25, -0.2) is 0 Å². The molecule has 0 aromatic rings. The summed E-state index contributed by atoms with van der Waals surface area (Å²) in [5, 5.41) is 0. The Kier molecular flexibility index (Phi) is 1.54. The Morgan fingerprint density at radius 3 is 1.82 bits per heavy atom. The molecular weight excluding hydrogens is 134 g/mol. The van der Waals surface area contributed by atoms with Crippen molar-refractivity contribution in [3.05, 3.63) is 0 Å². The first-order valence-electron chi connectivity index (χ1n) is 4.94. The summed E-state index contributed by atoms with van der Waals surface area (Å²) < 4.78 is 1.27. The van der Waals surface area contributed by atoms with E-state index in [4.69, 9.17) is 0 Å². The maximum absolute atomic E-state index is 2.37. The average Bonchev–Trinajstić information content (AvgIpc) is 1.84. The summed E-state index contributed by atoms with van der Waals surface area (Å²) in [7, 11) is 4.73. The Labute approximate surface area is 70.0 Å². The van der Waals surface area contributed by atoms with Crippen LogP contribution in [0.2, 0.25) is 0 Å². The van der Waals surface area contributed by atoms with Crippen LogP contribution in [0.5, 0.6) is 0 Å². The van der Waals surface area contributed by atoms with Gasteiger partial charge in [-0.1, -0.05) is 6.42 Å². The number of piperidine rings is 1. The molecule has 0 radical (unpaired) electrons. The number of nitrogens with zero attached hydrogens (tertiary/aromatic N) is 1. The van der Waals surface area contributed by atoms with Gasteiger partial charge in [0.15, 0.2) is 0 Å². The third-order valence-electron chi connectivity index (χ3n) is 3.91. The first-order valence-corrected chi connectivity index (χ1v) is 4.94. The first-order chi connectivity index (χ1) is 5.12. The van der Waals surface area contributed by atoms with E-state index in [0.29, 0.717) is 0 Å². The number of likely N-dealkylation sites (tertiary alicyclic amines) is 1. The normalized spacial score (nSPS) is 33.3. The molecule has 2 rings (SSSR count). The number of hydrogen-bond acceptors (Lipinski definition) is 0. The number of rotatable bonds is 0. The molecule has 64 valence electrons. The van der Waals surface area contributed by atoms with Gasteiger partial charge in [0.2, 0.25) is 0 Å². The minimum atomic E-state index is 0.841. The molecule has 1 aliphatic carbocycles. The van der Waals surface area contributed by atoms with E-state index in [2.05, 4.69) is 14.1 Å². The van der Waals surface area contributed by atoms with Crippen LogP contribution in [0, 0.1) is 5.41 Å². The van der Waals surface area contributed by atoms with Crippen molar-refractivity contribution >= 4 is 0 Å². The predicted molar refractivity (Wildman–Crippen MR) is 47.4 cm³/mol. The topological polar surface area (TPSA) is 0 Å². The Balaban J connectivity index is 1.94. The van der Waals surface area contributed by atoms with E-state index in [9.17, 15) is 0 Å². The summed E-state index contributed by atoms with van der Waals surface area (Å²) in [6.07, 6.45) is 7.58. The largest absolute Gasteiger partial charge is 0.328 e. The highest BCUT2D eigenvalue weighted by Gasteiger charge is 2.42. The molecule has 1 heteroatoms. The van der Waals surface area contributed by atoms with E-state index >= 15 is 0 Å². The molecule has 1 saturated carbocycles. The highest BCUT2D eigenvalue weighted by atomic mass is 15.3. The third kappa shape index (κ3) is 1.31. The molecule has 2 fully saturated rings. The minimum absolute atomic E-state index is 0.841. The van der Waals surface area contributed by atoms with Gasteiger partial charge in [-0.05, 0) is 18.3 Å². The Morgan fingerprint density at radius 1 is 0.909 bits per heavy atom. The van der Waals surface area contributed by atoms with E-state index in [0.717, 1.165) is 5.41 Å². The van der Waals surface area contributed by atoms with E-state index in [-0.39, 0.29) is 0 Å². The van der Waals surface area contributed by atoms with Gasteiger partial charge in [-0.2, -0.15) is 0 Å². The van der Waals surface area contributed by atoms with Gasteiger partial charge in [0.05, 0.1) is 27.2 Å². The summed E-state index contributed by atoms with van der Waals surface area (Å²) in [6.45, 7) is 2.83. The molecule has 0 unspecified atom stereocenters. The molecule has 1 spiro atoms. The molecule has 1 saturated heterocycles. The zero-order valence-corrected chi connectivity index (χ0v) is 7.90. The second-order valence-corrected chi connectivity index (χ2v) is 5.24. The van der Waals surface area contributed by atoms with Crippen molar-refractivity contribution in [2.45, 2.75) is 32.1 Å². The second kappa shape index (κ2) is 2.22. The average molecular weight is 154 g/mol. The molecule has 1 aliphatic heterocycles. The summed E-state index contributed by atoms with van der Waals surface area (Å²) >= 11 is 0. The van der Waals surface area contributed by atoms with Gasteiger partial charge in [0, 0.05) is 12.8 Å². The van der Waals surface area contributed by atoms with Crippen molar-refractivity contribution in [2.24, 2.45) is 5.41 Å². The lowest BCUT2D eigenvalue weighted by molar-refractivity contribution is -0.898. The maximum Gasteiger partial charge on any atom is 0.0787 e. The smallest absolute Gasteiger partial charge is 0.0787 e. The van der Waals surface area contributed by atoms with Crippen LogP contribution in [0.15, 0.2) is 0 Å². The van der Waals surface area contributed by atoms with Crippen molar-refractivity contribution in [3.8, 4) is 0 Å². The van der Waals surface area contributed by atoms with Crippen LogP contribution in [0.1, 0.15) is 32.1 Å². The molecule has 2 aliphatic rings. The van der Waals surface area contributed by atoms with E-state index in [1.165, 1.54) is 49.7 Å². The van der Waals surface area contributed by atoms with Crippen LogP contribution >= 0.6 is 0 Å². The zero-order valence-electron chi connectivity index (χ0n) is 7.90. The maximum atomic E-state index is 2.37.